The molecule has 1 saturated heterocycles. The molecular formula is C17H17F2N5S. The molecule has 1 aliphatic heterocycles. The zero-order valence-corrected chi connectivity index (χ0v) is 14.5. The van der Waals surface area contributed by atoms with Crippen LogP contribution in [-0.4, -0.2) is 46.0 Å². The predicted molar refractivity (Wildman–Crippen MR) is 93.8 cm³/mol. The second-order valence-corrected chi connectivity index (χ2v) is 6.98. The Balaban J connectivity index is 1.49. The zero-order chi connectivity index (χ0) is 17.4. The summed E-state index contributed by atoms with van der Waals surface area (Å²) in [6, 6.07) is 2.47. The highest BCUT2D eigenvalue weighted by atomic mass is 32.1. The average Bonchev–Trinajstić information content (AvgIpc) is 3.16. The standard InChI is InChI=1S/C17H17F2N5S/c1-11(17-20-2-7-25-17)23-3-5-24(6-4-23)16-10-21-14-8-12(18)13(19)9-15(14)22-16/h2,7-11H,3-6H2,1H3. The Morgan fingerprint density at radius 2 is 1.76 bits per heavy atom. The summed E-state index contributed by atoms with van der Waals surface area (Å²) in [6.45, 7) is 5.55. The molecule has 5 nitrogen and oxygen atoms in total. The van der Waals surface area contributed by atoms with Crippen LogP contribution in [-0.2, 0) is 0 Å². The summed E-state index contributed by atoms with van der Waals surface area (Å²) < 4.78 is 26.7. The normalized spacial score (nSPS) is 17.2. The van der Waals surface area contributed by atoms with Crippen molar-refractivity contribution in [3.8, 4) is 0 Å². The van der Waals surface area contributed by atoms with Gasteiger partial charge in [-0.25, -0.2) is 18.7 Å². The first kappa shape index (κ1) is 16.3. The fourth-order valence-corrected chi connectivity index (χ4v) is 3.81. The summed E-state index contributed by atoms with van der Waals surface area (Å²) in [6.07, 6.45) is 3.46. The number of benzene rings is 1. The summed E-state index contributed by atoms with van der Waals surface area (Å²) >= 11 is 1.67. The van der Waals surface area contributed by atoms with E-state index in [9.17, 15) is 8.78 Å². The Hall–Kier alpha value is -2.19. The third-order valence-corrected chi connectivity index (χ3v) is 5.51. The van der Waals surface area contributed by atoms with Gasteiger partial charge in [-0.15, -0.1) is 11.3 Å². The number of aromatic nitrogens is 3. The van der Waals surface area contributed by atoms with E-state index in [4.69, 9.17) is 0 Å². The molecule has 130 valence electrons. The Bertz CT molecular complexity index is 878. The highest BCUT2D eigenvalue weighted by Gasteiger charge is 2.24. The Kier molecular flexibility index (Phi) is 4.30. The van der Waals surface area contributed by atoms with E-state index in [-0.39, 0.29) is 0 Å². The number of anilines is 1. The van der Waals surface area contributed by atoms with Crippen molar-refractivity contribution in [2.45, 2.75) is 13.0 Å². The predicted octanol–water partition coefficient (Wildman–Crippen LogP) is 3.25. The molecule has 0 radical (unpaired) electrons. The van der Waals surface area contributed by atoms with Crippen LogP contribution < -0.4 is 4.90 Å². The lowest BCUT2D eigenvalue weighted by Gasteiger charge is -2.37. The van der Waals surface area contributed by atoms with Crippen molar-refractivity contribution >= 4 is 28.2 Å². The minimum absolute atomic E-state index is 0.293. The van der Waals surface area contributed by atoms with E-state index in [0.29, 0.717) is 22.9 Å². The van der Waals surface area contributed by atoms with Crippen molar-refractivity contribution in [2.75, 3.05) is 31.1 Å². The van der Waals surface area contributed by atoms with Gasteiger partial charge in [0, 0.05) is 49.9 Å². The van der Waals surface area contributed by atoms with Crippen LogP contribution in [0.4, 0.5) is 14.6 Å². The van der Waals surface area contributed by atoms with Gasteiger partial charge in [0.05, 0.1) is 23.3 Å². The Morgan fingerprint density at radius 3 is 2.44 bits per heavy atom. The van der Waals surface area contributed by atoms with E-state index in [2.05, 4.69) is 31.7 Å². The number of halogens is 2. The second kappa shape index (κ2) is 6.61. The van der Waals surface area contributed by atoms with Crippen molar-refractivity contribution in [1.29, 1.82) is 0 Å². The fraction of sp³-hybridized carbons (Fsp3) is 0.353. The van der Waals surface area contributed by atoms with Crippen molar-refractivity contribution in [3.63, 3.8) is 0 Å². The molecule has 0 amide bonds. The van der Waals surface area contributed by atoms with Gasteiger partial charge < -0.3 is 4.90 Å². The average molecular weight is 361 g/mol. The summed E-state index contributed by atoms with van der Waals surface area (Å²) in [7, 11) is 0. The molecular weight excluding hydrogens is 344 g/mol. The smallest absolute Gasteiger partial charge is 0.161 e. The molecule has 0 N–H and O–H groups in total. The summed E-state index contributed by atoms with van der Waals surface area (Å²) in [5.74, 6) is -1.11. The zero-order valence-electron chi connectivity index (χ0n) is 13.7. The van der Waals surface area contributed by atoms with E-state index in [1.54, 1.807) is 17.5 Å². The molecule has 1 unspecified atom stereocenters. The molecule has 0 aliphatic carbocycles. The molecule has 25 heavy (non-hydrogen) atoms. The molecule has 3 aromatic rings. The van der Waals surface area contributed by atoms with E-state index in [0.717, 1.165) is 43.3 Å². The fourth-order valence-electron chi connectivity index (χ4n) is 3.09. The molecule has 1 aromatic carbocycles. The SMILES string of the molecule is CC(c1nccs1)N1CCN(c2cnc3cc(F)c(F)cc3n2)CC1. The summed E-state index contributed by atoms with van der Waals surface area (Å²) in [4.78, 5) is 17.6. The van der Waals surface area contributed by atoms with Crippen LogP contribution in [0.3, 0.4) is 0 Å². The van der Waals surface area contributed by atoms with Gasteiger partial charge in [-0.2, -0.15) is 0 Å². The van der Waals surface area contributed by atoms with Gasteiger partial charge in [0.1, 0.15) is 10.8 Å². The first-order valence-corrected chi connectivity index (χ1v) is 9.00. The molecule has 0 spiro atoms. The largest absolute Gasteiger partial charge is 0.353 e. The third kappa shape index (κ3) is 3.19. The Morgan fingerprint density at radius 1 is 1.04 bits per heavy atom. The monoisotopic (exact) mass is 361 g/mol. The number of hydrogen-bond donors (Lipinski definition) is 0. The van der Waals surface area contributed by atoms with Gasteiger partial charge in [0.2, 0.25) is 0 Å². The first-order valence-electron chi connectivity index (χ1n) is 8.12. The number of fused-ring (bicyclic) bond motifs is 1. The van der Waals surface area contributed by atoms with Gasteiger partial charge >= 0.3 is 0 Å². The van der Waals surface area contributed by atoms with Gasteiger partial charge in [-0.1, -0.05) is 0 Å². The third-order valence-electron chi connectivity index (χ3n) is 4.57. The summed E-state index contributed by atoms with van der Waals surface area (Å²) in [5.41, 5.74) is 0.730. The van der Waals surface area contributed by atoms with Crippen molar-refractivity contribution in [3.05, 3.63) is 46.5 Å². The number of thiazole rings is 1. The molecule has 0 bridgehead atoms. The molecule has 2 aromatic heterocycles. The second-order valence-electron chi connectivity index (χ2n) is 6.05. The van der Waals surface area contributed by atoms with Crippen LogP contribution in [0.2, 0.25) is 0 Å². The molecule has 1 fully saturated rings. The van der Waals surface area contributed by atoms with Crippen LogP contribution >= 0.6 is 11.3 Å². The summed E-state index contributed by atoms with van der Waals surface area (Å²) in [5, 5.41) is 3.12. The highest BCUT2D eigenvalue weighted by Crippen LogP contribution is 2.25. The van der Waals surface area contributed by atoms with Gasteiger partial charge in [-0.05, 0) is 6.92 Å². The maximum absolute atomic E-state index is 13.4. The number of rotatable bonds is 3. The van der Waals surface area contributed by atoms with Gasteiger partial charge in [-0.3, -0.25) is 9.88 Å². The number of hydrogen-bond acceptors (Lipinski definition) is 6. The molecule has 0 saturated carbocycles. The van der Waals surface area contributed by atoms with E-state index in [1.165, 1.54) is 0 Å². The molecule has 8 heteroatoms. The molecule has 1 atom stereocenters. The minimum Gasteiger partial charge on any atom is -0.353 e. The maximum atomic E-state index is 13.4. The lowest BCUT2D eigenvalue weighted by atomic mass is 10.2. The Labute approximate surface area is 148 Å². The molecule has 3 heterocycles. The van der Waals surface area contributed by atoms with Gasteiger partial charge in [0.25, 0.3) is 0 Å². The first-order chi connectivity index (χ1) is 12.1. The highest BCUT2D eigenvalue weighted by molar-refractivity contribution is 7.09. The van der Waals surface area contributed by atoms with Gasteiger partial charge in [0.15, 0.2) is 11.6 Å². The van der Waals surface area contributed by atoms with E-state index in [1.807, 2.05) is 11.6 Å². The van der Waals surface area contributed by atoms with Crippen LogP contribution in [0.15, 0.2) is 29.9 Å². The van der Waals surface area contributed by atoms with Crippen molar-refractivity contribution in [2.24, 2.45) is 0 Å². The quantitative estimate of drug-likeness (QED) is 0.717. The van der Waals surface area contributed by atoms with E-state index < -0.39 is 11.6 Å². The topological polar surface area (TPSA) is 45.2 Å². The molecule has 1 aliphatic rings. The van der Waals surface area contributed by atoms with Crippen molar-refractivity contribution in [1.82, 2.24) is 19.9 Å². The minimum atomic E-state index is -0.903. The van der Waals surface area contributed by atoms with Crippen molar-refractivity contribution < 1.29 is 8.78 Å². The van der Waals surface area contributed by atoms with Crippen LogP contribution in [0, 0.1) is 11.6 Å². The number of nitrogens with zero attached hydrogens (tertiary/aromatic N) is 5. The lowest BCUT2D eigenvalue weighted by molar-refractivity contribution is 0.198. The number of piperazine rings is 1. The van der Waals surface area contributed by atoms with Crippen LogP contribution in [0.25, 0.3) is 11.0 Å². The molecule has 4 rings (SSSR count). The lowest BCUT2D eigenvalue weighted by Crippen LogP contribution is -2.47. The van der Waals surface area contributed by atoms with Crippen LogP contribution in [0.5, 0.6) is 0 Å². The van der Waals surface area contributed by atoms with E-state index >= 15 is 0 Å². The van der Waals surface area contributed by atoms with Crippen LogP contribution in [0.1, 0.15) is 18.0 Å². The maximum Gasteiger partial charge on any atom is 0.161 e.